The minimum Gasteiger partial charge on any atom is -0.507 e. The van der Waals surface area contributed by atoms with E-state index in [0.29, 0.717) is 15.4 Å². The van der Waals surface area contributed by atoms with E-state index in [1.54, 1.807) is 0 Å². The van der Waals surface area contributed by atoms with E-state index in [4.69, 9.17) is 23.2 Å². The molecule has 0 saturated heterocycles. The van der Waals surface area contributed by atoms with Crippen LogP contribution in [0.15, 0.2) is 12.1 Å². The van der Waals surface area contributed by atoms with Gasteiger partial charge in [-0.2, -0.15) is 0 Å². The standard InChI is InChI=1S/C14H14Cl2N2O2/c1-7(19)17-10-3-2-4-18-11(10)5-8-12(20)6-9(15)13(16)14(8)18/h5-6,10,20H,2-4H2,1H3,(H,17,19). The summed E-state index contributed by atoms with van der Waals surface area (Å²) in [5.74, 6) is 0.0416. The van der Waals surface area contributed by atoms with Gasteiger partial charge >= 0.3 is 0 Å². The van der Waals surface area contributed by atoms with Crippen LogP contribution >= 0.6 is 23.2 Å². The van der Waals surface area contributed by atoms with Gasteiger partial charge in [0, 0.05) is 30.6 Å². The Hall–Kier alpha value is -1.39. The third-order valence-corrected chi connectivity index (χ3v) is 4.47. The molecule has 2 aromatic rings. The first-order valence-corrected chi connectivity index (χ1v) is 7.22. The summed E-state index contributed by atoms with van der Waals surface area (Å²) in [5.41, 5.74) is 1.70. The maximum atomic E-state index is 11.3. The lowest BCUT2D eigenvalue weighted by atomic mass is 10.0. The van der Waals surface area contributed by atoms with E-state index in [-0.39, 0.29) is 17.7 Å². The number of carbonyl (C=O) groups excluding carboxylic acids is 1. The summed E-state index contributed by atoms with van der Waals surface area (Å²) in [5, 5.41) is 14.4. The van der Waals surface area contributed by atoms with Crippen molar-refractivity contribution in [1.29, 1.82) is 0 Å². The van der Waals surface area contributed by atoms with Gasteiger partial charge in [0.1, 0.15) is 5.75 Å². The van der Waals surface area contributed by atoms with Gasteiger partial charge in [-0.05, 0) is 18.9 Å². The molecular formula is C14H14Cl2N2O2. The topological polar surface area (TPSA) is 54.3 Å². The Morgan fingerprint density at radius 3 is 2.90 bits per heavy atom. The van der Waals surface area contributed by atoms with Gasteiger partial charge in [0.05, 0.1) is 21.6 Å². The fourth-order valence-corrected chi connectivity index (χ4v) is 3.35. The number of aromatic nitrogens is 1. The number of phenols is 1. The quantitative estimate of drug-likeness (QED) is 0.845. The van der Waals surface area contributed by atoms with Gasteiger partial charge in [0.2, 0.25) is 5.91 Å². The van der Waals surface area contributed by atoms with E-state index in [2.05, 4.69) is 5.32 Å². The van der Waals surface area contributed by atoms with E-state index in [9.17, 15) is 9.90 Å². The number of benzene rings is 1. The number of hydrogen-bond acceptors (Lipinski definition) is 2. The van der Waals surface area contributed by atoms with Gasteiger partial charge in [0.25, 0.3) is 0 Å². The van der Waals surface area contributed by atoms with Gasteiger partial charge in [-0.25, -0.2) is 0 Å². The molecule has 3 rings (SSSR count). The number of nitrogens with zero attached hydrogens (tertiary/aromatic N) is 1. The molecule has 2 N–H and O–H groups in total. The monoisotopic (exact) mass is 312 g/mol. The highest BCUT2D eigenvalue weighted by Gasteiger charge is 2.26. The summed E-state index contributed by atoms with van der Waals surface area (Å²) in [7, 11) is 0. The number of carbonyl (C=O) groups is 1. The van der Waals surface area contributed by atoms with E-state index >= 15 is 0 Å². The minimum atomic E-state index is -0.0675. The molecule has 1 aromatic carbocycles. The zero-order valence-electron chi connectivity index (χ0n) is 10.9. The van der Waals surface area contributed by atoms with Crippen molar-refractivity contribution >= 4 is 40.0 Å². The molecule has 0 aliphatic carbocycles. The second-order valence-corrected chi connectivity index (χ2v) is 5.86. The predicted octanol–water partition coefficient (Wildman–Crippen LogP) is 3.62. The molecule has 106 valence electrons. The van der Waals surface area contributed by atoms with Crippen molar-refractivity contribution < 1.29 is 9.90 Å². The molecule has 0 fully saturated rings. The molecule has 1 aromatic heterocycles. The van der Waals surface area contributed by atoms with Crippen LogP contribution in [0.2, 0.25) is 10.0 Å². The number of aryl methyl sites for hydroxylation is 1. The second-order valence-electron chi connectivity index (χ2n) is 5.07. The molecule has 6 heteroatoms. The van der Waals surface area contributed by atoms with Crippen LogP contribution in [-0.2, 0) is 11.3 Å². The predicted molar refractivity (Wildman–Crippen MR) is 79.4 cm³/mol. The fraction of sp³-hybridized carbons (Fsp3) is 0.357. The lowest BCUT2D eigenvalue weighted by molar-refractivity contribution is -0.119. The molecule has 20 heavy (non-hydrogen) atoms. The summed E-state index contributed by atoms with van der Waals surface area (Å²) in [6.07, 6.45) is 1.81. The van der Waals surface area contributed by atoms with E-state index in [1.807, 2.05) is 10.6 Å². The highest BCUT2D eigenvalue weighted by molar-refractivity contribution is 6.45. The van der Waals surface area contributed by atoms with Gasteiger partial charge in [-0.1, -0.05) is 23.2 Å². The van der Waals surface area contributed by atoms with Crippen molar-refractivity contribution in [3.05, 3.63) is 27.9 Å². The molecule has 0 radical (unpaired) electrons. The average molecular weight is 313 g/mol. The van der Waals surface area contributed by atoms with E-state index in [1.165, 1.54) is 13.0 Å². The maximum Gasteiger partial charge on any atom is 0.217 e. The fourth-order valence-electron chi connectivity index (χ4n) is 2.90. The largest absolute Gasteiger partial charge is 0.507 e. The minimum absolute atomic E-state index is 0.0529. The van der Waals surface area contributed by atoms with Crippen molar-refractivity contribution in [2.45, 2.75) is 32.4 Å². The van der Waals surface area contributed by atoms with Crippen LogP contribution in [-0.4, -0.2) is 15.6 Å². The van der Waals surface area contributed by atoms with Crippen LogP contribution in [0, 0.1) is 0 Å². The maximum absolute atomic E-state index is 11.3. The molecule has 0 saturated carbocycles. The zero-order chi connectivity index (χ0) is 14.4. The Bertz CT molecular complexity index is 709. The Kier molecular flexibility index (Phi) is 3.30. The van der Waals surface area contributed by atoms with Crippen LogP contribution in [0.3, 0.4) is 0 Å². The Morgan fingerprint density at radius 1 is 1.45 bits per heavy atom. The molecule has 1 unspecified atom stereocenters. The smallest absolute Gasteiger partial charge is 0.217 e. The third kappa shape index (κ3) is 2.03. The van der Waals surface area contributed by atoms with Gasteiger partial charge in [0.15, 0.2) is 0 Å². The number of amides is 1. The third-order valence-electron chi connectivity index (χ3n) is 3.69. The lowest BCUT2D eigenvalue weighted by Gasteiger charge is -2.26. The summed E-state index contributed by atoms with van der Waals surface area (Å²) >= 11 is 12.3. The summed E-state index contributed by atoms with van der Waals surface area (Å²) < 4.78 is 2.04. The van der Waals surface area contributed by atoms with Crippen molar-refractivity contribution in [2.24, 2.45) is 0 Å². The van der Waals surface area contributed by atoms with Gasteiger partial charge in [-0.3, -0.25) is 4.79 Å². The van der Waals surface area contributed by atoms with Crippen LogP contribution in [0.5, 0.6) is 5.75 Å². The first kappa shape index (κ1) is 13.6. The summed E-state index contributed by atoms with van der Waals surface area (Å²) in [4.78, 5) is 11.3. The zero-order valence-corrected chi connectivity index (χ0v) is 12.4. The SMILES string of the molecule is CC(=O)NC1CCCn2c1cc1c(O)cc(Cl)c(Cl)c12. The Labute approximate surface area is 126 Å². The molecule has 0 bridgehead atoms. The summed E-state index contributed by atoms with van der Waals surface area (Å²) in [6.45, 7) is 2.30. The highest BCUT2D eigenvalue weighted by atomic mass is 35.5. The molecular weight excluding hydrogens is 299 g/mol. The number of hydrogen-bond donors (Lipinski definition) is 2. The van der Waals surface area contributed by atoms with Crippen LogP contribution in [0.25, 0.3) is 10.9 Å². The molecule has 4 nitrogen and oxygen atoms in total. The van der Waals surface area contributed by atoms with Crippen molar-refractivity contribution in [3.8, 4) is 5.75 Å². The molecule has 1 amide bonds. The van der Waals surface area contributed by atoms with Crippen LogP contribution in [0.4, 0.5) is 0 Å². The molecule has 1 aliphatic heterocycles. The molecule has 1 atom stereocenters. The average Bonchev–Trinajstić information content (AvgIpc) is 2.77. The number of aromatic hydroxyl groups is 1. The first-order chi connectivity index (χ1) is 9.49. The Balaban J connectivity index is 2.24. The summed E-state index contributed by atoms with van der Waals surface area (Å²) in [6, 6.07) is 3.28. The number of fused-ring (bicyclic) bond motifs is 3. The normalized spacial score (nSPS) is 18.1. The molecule has 0 spiro atoms. The van der Waals surface area contributed by atoms with Crippen molar-refractivity contribution in [3.63, 3.8) is 0 Å². The number of halogens is 2. The molecule has 1 aliphatic rings. The van der Waals surface area contributed by atoms with Crippen molar-refractivity contribution in [1.82, 2.24) is 9.88 Å². The molecule has 2 heterocycles. The number of rotatable bonds is 1. The van der Waals surface area contributed by atoms with Crippen LogP contribution in [0.1, 0.15) is 31.5 Å². The van der Waals surface area contributed by atoms with E-state index < -0.39 is 0 Å². The number of phenolic OH excluding ortho intramolecular Hbond substituents is 1. The van der Waals surface area contributed by atoms with E-state index in [0.717, 1.165) is 30.6 Å². The van der Waals surface area contributed by atoms with Crippen LogP contribution < -0.4 is 5.32 Å². The van der Waals surface area contributed by atoms with Crippen molar-refractivity contribution in [2.75, 3.05) is 0 Å². The highest BCUT2D eigenvalue weighted by Crippen LogP contribution is 2.41. The number of nitrogens with one attached hydrogen (secondary N) is 1. The van der Waals surface area contributed by atoms with Gasteiger partial charge < -0.3 is 15.0 Å². The lowest BCUT2D eigenvalue weighted by Crippen LogP contribution is -2.30. The Morgan fingerprint density at radius 2 is 2.20 bits per heavy atom. The first-order valence-electron chi connectivity index (χ1n) is 6.46. The second kappa shape index (κ2) is 4.86. The van der Waals surface area contributed by atoms with Gasteiger partial charge in [-0.15, -0.1) is 0 Å².